The molecule has 2 N–H and O–H groups in total. The monoisotopic (exact) mass is 491 g/mol. The van der Waals surface area contributed by atoms with Crippen molar-refractivity contribution in [2.75, 3.05) is 6.61 Å². The lowest BCUT2D eigenvalue weighted by Gasteiger charge is -2.31. The number of esters is 1. The first-order valence-electron chi connectivity index (χ1n) is 10.6. The molecule has 0 saturated carbocycles. The van der Waals surface area contributed by atoms with Gasteiger partial charge in [0, 0.05) is 33.7 Å². The van der Waals surface area contributed by atoms with Crippen molar-refractivity contribution in [1.29, 1.82) is 0 Å². The molecule has 0 radical (unpaired) electrons. The number of benzene rings is 1. The van der Waals surface area contributed by atoms with Crippen molar-refractivity contribution in [2.45, 2.75) is 45.6 Å². The molecule has 0 bridgehead atoms. The fraction of sp³-hybridized carbons (Fsp3) is 0.333. The van der Waals surface area contributed by atoms with Gasteiger partial charge in [0.2, 0.25) is 5.88 Å². The molecule has 0 amide bonds. The molecular weight excluding hydrogens is 469 g/mol. The summed E-state index contributed by atoms with van der Waals surface area (Å²) in [5.41, 5.74) is 7.61. The minimum absolute atomic E-state index is 0.0335. The van der Waals surface area contributed by atoms with E-state index in [2.05, 4.69) is 0 Å². The van der Waals surface area contributed by atoms with Crippen molar-refractivity contribution >= 4 is 34.7 Å². The predicted octanol–water partition coefficient (Wildman–Crippen LogP) is 5.28. The molecule has 174 valence electrons. The Balaban J connectivity index is 1.70. The van der Waals surface area contributed by atoms with E-state index in [1.165, 1.54) is 29.5 Å². The summed E-state index contributed by atoms with van der Waals surface area (Å²) in [5, 5.41) is 0.176. The molecule has 0 fully saturated rings. The standard InChI is InChI=1S/C24H23ClFNO5S/c1-3-30-24(29)22-21(20-16(28)5-4-6-18(20)32-23(22)27)19-9-13(12(2)33-19)11-31-17-8-7-14(26)10-15(17)25/h7-10,21H,3-6,11,27H2,1-2H3/t21-/m0/s1. The summed E-state index contributed by atoms with van der Waals surface area (Å²) in [4.78, 5) is 27.4. The average Bonchev–Trinajstić information content (AvgIpc) is 3.12. The molecule has 9 heteroatoms. The molecule has 1 atom stereocenters. The van der Waals surface area contributed by atoms with E-state index in [9.17, 15) is 14.0 Å². The largest absolute Gasteiger partial charge is 0.487 e. The fourth-order valence-electron chi connectivity index (χ4n) is 4.03. The van der Waals surface area contributed by atoms with Crippen LogP contribution in [0.1, 0.15) is 47.4 Å². The zero-order valence-electron chi connectivity index (χ0n) is 18.2. The highest BCUT2D eigenvalue weighted by Gasteiger charge is 2.42. The van der Waals surface area contributed by atoms with Gasteiger partial charge in [0.25, 0.3) is 0 Å². The van der Waals surface area contributed by atoms with Gasteiger partial charge < -0.3 is 19.9 Å². The van der Waals surface area contributed by atoms with Crippen LogP contribution in [-0.2, 0) is 25.7 Å². The number of nitrogens with two attached hydrogens (primary N) is 1. The lowest BCUT2D eigenvalue weighted by atomic mass is 9.80. The number of ketones is 1. The van der Waals surface area contributed by atoms with Crippen molar-refractivity contribution in [1.82, 2.24) is 0 Å². The lowest BCUT2D eigenvalue weighted by Crippen LogP contribution is -2.31. The third-order valence-corrected chi connectivity index (χ3v) is 7.03. The third-order valence-electron chi connectivity index (χ3n) is 5.58. The van der Waals surface area contributed by atoms with E-state index in [4.69, 9.17) is 31.5 Å². The summed E-state index contributed by atoms with van der Waals surface area (Å²) in [6, 6.07) is 5.83. The fourth-order valence-corrected chi connectivity index (χ4v) is 5.41. The summed E-state index contributed by atoms with van der Waals surface area (Å²) in [6.07, 6.45) is 1.64. The first-order chi connectivity index (χ1) is 15.8. The number of Topliss-reactive ketones (excluding diaryl/α,β-unsaturated/α-hetero) is 1. The number of carbonyl (C=O) groups excluding carboxylic acids is 2. The number of thiophene rings is 1. The van der Waals surface area contributed by atoms with Gasteiger partial charge in [0.05, 0.1) is 17.5 Å². The van der Waals surface area contributed by atoms with Crippen molar-refractivity contribution < 1.29 is 28.2 Å². The molecule has 1 aliphatic heterocycles. The first-order valence-corrected chi connectivity index (χ1v) is 11.8. The normalized spacial score (nSPS) is 18.2. The quantitative estimate of drug-likeness (QED) is 0.553. The van der Waals surface area contributed by atoms with Gasteiger partial charge in [-0.3, -0.25) is 4.79 Å². The van der Waals surface area contributed by atoms with E-state index in [0.717, 1.165) is 15.3 Å². The Morgan fingerprint density at radius 1 is 1.33 bits per heavy atom. The minimum Gasteiger partial charge on any atom is -0.487 e. The van der Waals surface area contributed by atoms with Crippen molar-refractivity contribution in [3.05, 3.63) is 73.2 Å². The molecule has 33 heavy (non-hydrogen) atoms. The zero-order chi connectivity index (χ0) is 23.7. The van der Waals surface area contributed by atoms with Gasteiger partial charge in [-0.25, -0.2) is 9.18 Å². The first kappa shape index (κ1) is 23.3. The highest BCUT2D eigenvalue weighted by molar-refractivity contribution is 7.12. The van der Waals surface area contributed by atoms with Crippen LogP contribution in [0.2, 0.25) is 5.02 Å². The van der Waals surface area contributed by atoms with Crippen LogP contribution in [0.3, 0.4) is 0 Å². The van der Waals surface area contributed by atoms with Crippen molar-refractivity contribution in [2.24, 2.45) is 5.73 Å². The van der Waals surface area contributed by atoms with E-state index >= 15 is 0 Å². The maximum absolute atomic E-state index is 13.3. The van der Waals surface area contributed by atoms with E-state index in [-0.39, 0.29) is 35.5 Å². The van der Waals surface area contributed by atoms with Gasteiger partial charge >= 0.3 is 5.97 Å². The molecule has 2 aliphatic rings. The van der Waals surface area contributed by atoms with E-state index in [1.54, 1.807) is 6.92 Å². The Labute approximate surface area is 199 Å². The number of carbonyl (C=O) groups is 2. The smallest absolute Gasteiger partial charge is 0.340 e. The van der Waals surface area contributed by atoms with Crippen LogP contribution in [-0.4, -0.2) is 18.4 Å². The van der Waals surface area contributed by atoms with Gasteiger partial charge in [-0.2, -0.15) is 0 Å². The molecule has 0 spiro atoms. The van der Waals surface area contributed by atoms with Crippen LogP contribution in [0.4, 0.5) is 4.39 Å². The topological polar surface area (TPSA) is 87.9 Å². The van der Waals surface area contributed by atoms with Crippen LogP contribution in [0.25, 0.3) is 0 Å². The molecule has 6 nitrogen and oxygen atoms in total. The molecule has 1 aromatic carbocycles. The summed E-state index contributed by atoms with van der Waals surface area (Å²) < 4.78 is 30.0. The van der Waals surface area contributed by atoms with E-state index < -0.39 is 17.7 Å². The lowest BCUT2D eigenvalue weighted by molar-refractivity contribution is -0.139. The molecular formula is C24H23ClFNO5S. The maximum Gasteiger partial charge on any atom is 0.340 e. The highest BCUT2D eigenvalue weighted by Crippen LogP contribution is 2.46. The highest BCUT2D eigenvalue weighted by atomic mass is 35.5. The Morgan fingerprint density at radius 3 is 2.85 bits per heavy atom. The minimum atomic E-state index is -0.660. The molecule has 1 aliphatic carbocycles. The summed E-state index contributed by atoms with van der Waals surface area (Å²) in [7, 11) is 0. The van der Waals surface area contributed by atoms with Crippen molar-refractivity contribution in [3.63, 3.8) is 0 Å². The van der Waals surface area contributed by atoms with E-state index in [1.807, 2.05) is 13.0 Å². The SMILES string of the molecule is CCOC(=O)C1=C(N)OC2=C(C(=O)CCC2)[C@@H]1c1cc(COc2ccc(F)cc2Cl)c(C)s1. The number of ether oxygens (including phenoxy) is 3. The third kappa shape index (κ3) is 4.63. The van der Waals surface area contributed by atoms with Gasteiger partial charge in [-0.15, -0.1) is 11.3 Å². The number of rotatable bonds is 6. The van der Waals surface area contributed by atoms with Crippen LogP contribution < -0.4 is 10.5 Å². The number of hydrogen-bond donors (Lipinski definition) is 1. The number of allylic oxidation sites excluding steroid dienone is 2. The molecule has 1 aromatic heterocycles. The molecule has 0 unspecified atom stereocenters. The number of halogens is 2. The second kappa shape index (κ2) is 9.57. The molecule has 0 saturated heterocycles. The van der Waals surface area contributed by atoms with Crippen molar-refractivity contribution in [3.8, 4) is 5.75 Å². The summed E-state index contributed by atoms with van der Waals surface area (Å²) >= 11 is 7.51. The van der Waals surface area contributed by atoms with Crippen LogP contribution in [0.15, 0.2) is 47.1 Å². The van der Waals surface area contributed by atoms with Crippen LogP contribution in [0.5, 0.6) is 5.75 Å². The van der Waals surface area contributed by atoms with Gasteiger partial charge in [-0.1, -0.05) is 11.6 Å². The maximum atomic E-state index is 13.3. The summed E-state index contributed by atoms with van der Waals surface area (Å²) in [6.45, 7) is 3.98. The Bertz CT molecular complexity index is 1190. The summed E-state index contributed by atoms with van der Waals surface area (Å²) in [5.74, 6) is -0.924. The second-order valence-electron chi connectivity index (χ2n) is 7.74. The van der Waals surface area contributed by atoms with Gasteiger partial charge in [0.15, 0.2) is 5.78 Å². The van der Waals surface area contributed by atoms with E-state index in [0.29, 0.717) is 36.3 Å². The van der Waals surface area contributed by atoms with Gasteiger partial charge in [-0.05, 0) is 44.5 Å². The van der Waals surface area contributed by atoms with Gasteiger partial charge in [0.1, 0.15) is 29.5 Å². The molecule has 4 rings (SSSR count). The average molecular weight is 492 g/mol. The Morgan fingerprint density at radius 2 is 2.12 bits per heavy atom. The zero-order valence-corrected chi connectivity index (χ0v) is 19.8. The Kier molecular flexibility index (Phi) is 6.76. The molecule has 2 aromatic rings. The number of aryl methyl sites for hydroxylation is 1. The molecule has 2 heterocycles. The predicted molar refractivity (Wildman–Crippen MR) is 122 cm³/mol. The van der Waals surface area contributed by atoms with Crippen LogP contribution in [0, 0.1) is 12.7 Å². The number of hydrogen-bond acceptors (Lipinski definition) is 7. The Hall–Kier alpha value is -2.84. The van der Waals surface area contributed by atoms with Crippen LogP contribution >= 0.6 is 22.9 Å². The second-order valence-corrected chi connectivity index (χ2v) is 9.44.